The first kappa shape index (κ1) is 22.2. The number of allylic oxidation sites excluding steroid dienone is 4. The summed E-state index contributed by atoms with van der Waals surface area (Å²) in [6.07, 6.45) is 15.4. The lowest BCUT2D eigenvalue weighted by Gasteiger charge is -2.59. The molecule has 1 unspecified atom stereocenters. The van der Waals surface area contributed by atoms with Gasteiger partial charge in [0, 0.05) is 6.54 Å². The van der Waals surface area contributed by atoms with Gasteiger partial charge in [-0.05, 0) is 116 Å². The van der Waals surface area contributed by atoms with E-state index in [4.69, 9.17) is 0 Å². The van der Waals surface area contributed by atoms with Crippen molar-refractivity contribution < 1.29 is 5.11 Å². The summed E-state index contributed by atoms with van der Waals surface area (Å²) in [7, 11) is 0. The van der Waals surface area contributed by atoms with E-state index < -0.39 is 0 Å². The molecule has 1 heterocycles. The highest BCUT2D eigenvalue weighted by Gasteiger charge is 2.57. The van der Waals surface area contributed by atoms with Crippen LogP contribution in [-0.4, -0.2) is 35.7 Å². The van der Waals surface area contributed by atoms with Gasteiger partial charge in [-0.1, -0.05) is 52.7 Å². The van der Waals surface area contributed by atoms with Gasteiger partial charge in [-0.15, -0.1) is 0 Å². The lowest BCUT2D eigenvalue weighted by molar-refractivity contribution is -0.0905. The first-order chi connectivity index (χ1) is 14.7. The van der Waals surface area contributed by atoms with E-state index in [-0.39, 0.29) is 11.5 Å². The Kier molecular flexibility index (Phi) is 5.53. The molecule has 1 N–H and O–H groups in total. The van der Waals surface area contributed by atoms with Gasteiger partial charge in [0.25, 0.3) is 0 Å². The Morgan fingerprint density at radius 3 is 2.48 bits per heavy atom. The molecule has 174 valence electrons. The average Bonchev–Trinajstić information content (AvgIpc) is 3.09. The van der Waals surface area contributed by atoms with E-state index in [9.17, 15) is 5.11 Å². The van der Waals surface area contributed by atoms with Crippen LogP contribution in [0.2, 0.25) is 0 Å². The predicted octanol–water partition coefficient (Wildman–Crippen LogP) is 6.75. The van der Waals surface area contributed by atoms with Crippen LogP contribution in [0.15, 0.2) is 22.8 Å². The summed E-state index contributed by atoms with van der Waals surface area (Å²) >= 11 is 0. The van der Waals surface area contributed by atoms with E-state index in [0.29, 0.717) is 16.7 Å². The van der Waals surface area contributed by atoms with Crippen LogP contribution in [0.4, 0.5) is 0 Å². The minimum atomic E-state index is -0.132. The summed E-state index contributed by atoms with van der Waals surface area (Å²) in [4.78, 5) is 2.75. The molecule has 0 aromatic heterocycles. The molecule has 1 saturated heterocycles. The average molecular weight is 426 g/mol. The van der Waals surface area contributed by atoms with Crippen molar-refractivity contribution in [2.75, 3.05) is 19.6 Å². The first-order valence-corrected chi connectivity index (χ1v) is 13.5. The van der Waals surface area contributed by atoms with Crippen LogP contribution in [0.5, 0.6) is 0 Å². The van der Waals surface area contributed by atoms with Crippen molar-refractivity contribution in [2.24, 2.45) is 34.0 Å². The van der Waals surface area contributed by atoms with E-state index >= 15 is 0 Å². The van der Waals surface area contributed by atoms with Crippen molar-refractivity contribution in [1.29, 1.82) is 0 Å². The van der Waals surface area contributed by atoms with Gasteiger partial charge in [-0.25, -0.2) is 0 Å². The van der Waals surface area contributed by atoms with Gasteiger partial charge < -0.3 is 10.0 Å². The number of aliphatic hydroxyl groups excluding tert-OH is 1. The second-order valence-electron chi connectivity index (χ2n) is 13.1. The van der Waals surface area contributed by atoms with Gasteiger partial charge in [0.05, 0.1) is 6.10 Å². The Morgan fingerprint density at radius 1 is 1.00 bits per heavy atom. The van der Waals surface area contributed by atoms with E-state index in [1.54, 1.807) is 16.7 Å². The summed E-state index contributed by atoms with van der Waals surface area (Å²) in [6.45, 7) is 16.4. The monoisotopic (exact) mass is 425 g/mol. The van der Waals surface area contributed by atoms with Gasteiger partial charge >= 0.3 is 0 Å². The third-order valence-electron chi connectivity index (χ3n) is 11.1. The molecule has 6 atom stereocenters. The highest BCUT2D eigenvalue weighted by molar-refractivity contribution is 5.49. The number of hydrogen-bond acceptors (Lipinski definition) is 2. The number of likely N-dealkylation sites (tertiary alicyclic amines) is 1. The van der Waals surface area contributed by atoms with Crippen LogP contribution in [-0.2, 0) is 0 Å². The van der Waals surface area contributed by atoms with Gasteiger partial charge in [-0.3, -0.25) is 0 Å². The van der Waals surface area contributed by atoms with E-state index in [1.165, 1.54) is 77.4 Å². The fraction of sp³-hybridized carbons (Fsp3) is 0.862. The highest BCUT2D eigenvalue weighted by atomic mass is 16.3. The molecule has 31 heavy (non-hydrogen) atoms. The minimum Gasteiger partial charge on any atom is -0.393 e. The van der Waals surface area contributed by atoms with E-state index in [2.05, 4.69) is 45.6 Å². The van der Waals surface area contributed by atoms with Crippen LogP contribution < -0.4 is 0 Å². The topological polar surface area (TPSA) is 23.5 Å². The maximum atomic E-state index is 10.8. The molecule has 0 spiro atoms. The smallest absolute Gasteiger partial charge is 0.0594 e. The molecular weight excluding hydrogens is 378 g/mol. The number of aliphatic hydroxyl groups is 1. The number of fused-ring (bicyclic) bond motifs is 4. The second kappa shape index (κ2) is 7.73. The van der Waals surface area contributed by atoms with Gasteiger partial charge in [-0.2, -0.15) is 0 Å². The third-order valence-corrected chi connectivity index (χ3v) is 11.1. The third kappa shape index (κ3) is 3.33. The molecule has 0 aromatic carbocycles. The molecule has 5 aliphatic rings. The molecule has 0 radical (unpaired) electrons. The molecule has 1 aliphatic heterocycles. The lowest BCUT2D eigenvalue weighted by Crippen LogP contribution is -2.53. The Labute approximate surface area is 191 Å². The molecule has 2 fully saturated rings. The zero-order valence-corrected chi connectivity index (χ0v) is 21.0. The van der Waals surface area contributed by atoms with Crippen molar-refractivity contribution >= 4 is 0 Å². The summed E-state index contributed by atoms with van der Waals surface area (Å²) in [5.74, 6) is 2.23. The lowest BCUT2D eigenvalue weighted by atomic mass is 9.46. The predicted molar refractivity (Wildman–Crippen MR) is 130 cm³/mol. The zero-order valence-electron chi connectivity index (χ0n) is 21.0. The summed E-state index contributed by atoms with van der Waals surface area (Å²) in [5, 5.41) is 10.8. The fourth-order valence-corrected chi connectivity index (χ4v) is 9.25. The fourth-order valence-electron chi connectivity index (χ4n) is 9.25. The first-order valence-electron chi connectivity index (χ1n) is 13.5. The zero-order chi connectivity index (χ0) is 22.0. The largest absolute Gasteiger partial charge is 0.393 e. The van der Waals surface area contributed by atoms with Crippen molar-refractivity contribution in [2.45, 2.75) is 105 Å². The Bertz CT molecular complexity index is 772. The molecular formula is C29H47NO. The summed E-state index contributed by atoms with van der Waals surface area (Å²) < 4.78 is 0. The van der Waals surface area contributed by atoms with Crippen molar-refractivity contribution in [3.8, 4) is 0 Å². The molecule has 2 nitrogen and oxygen atoms in total. The quantitative estimate of drug-likeness (QED) is 0.540. The van der Waals surface area contributed by atoms with Crippen LogP contribution in [0.1, 0.15) is 98.8 Å². The second-order valence-corrected chi connectivity index (χ2v) is 13.1. The minimum absolute atomic E-state index is 0.0435. The Hall–Kier alpha value is -0.600. The number of hydrogen-bond donors (Lipinski definition) is 1. The Balaban J connectivity index is 1.40. The SMILES string of the molecule is C[C@H](CN1CCCCC1)[C@H]1CC=C2C3=C(CC[C@@]21C)[C@@]1(C)CC[C@H](O)C(C)(C)C1CC3. The molecule has 0 bridgehead atoms. The van der Waals surface area contributed by atoms with Gasteiger partial charge in [0.2, 0.25) is 0 Å². The number of rotatable bonds is 3. The number of piperidine rings is 1. The van der Waals surface area contributed by atoms with Gasteiger partial charge in [0.15, 0.2) is 0 Å². The van der Waals surface area contributed by atoms with Crippen LogP contribution in [0.25, 0.3) is 0 Å². The molecule has 2 heteroatoms. The van der Waals surface area contributed by atoms with Crippen LogP contribution >= 0.6 is 0 Å². The summed E-state index contributed by atoms with van der Waals surface area (Å²) in [5.41, 5.74) is 6.07. The molecule has 4 aliphatic carbocycles. The number of nitrogens with zero attached hydrogens (tertiary/aromatic N) is 1. The van der Waals surface area contributed by atoms with Crippen LogP contribution in [0, 0.1) is 34.0 Å². The normalized spacial score (nSPS) is 43.7. The van der Waals surface area contributed by atoms with Crippen molar-refractivity contribution in [3.63, 3.8) is 0 Å². The van der Waals surface area contributed by atoms with Crippen molar-refractivity contribution in [1.82, 2.24) is 4.90 Å². The molecule has 0 aromatic rings. The van der Waals surface area contributed by atoms with E-state index in [1.807, 2.05) is 0 Å². The molecule has 5 rings (SSSR count). The molecule has 1 saturated carbocycles. The summed E-state index contributed by atoms with van der Waals surface area (Å²) in [6, 6.07) is 0. The maximum Gasteiger partial charge on any atom is 0.0594 e. The van der Waals surface area contributed by atoms with Gasteiger partial charge in [0.1, 0.15) is 0 Å². The van der Waals surface area contributed by atoms with E-state index in [0.717, 1.165) is 18.3 Å². The van der Waals surface area contributed by atoms with Crippen LogP contribution in [0.3, 0.4) is 0 Å². The van der Waals surface area contributed by atoms with Crippen molar-refractivity contribution in [3.05, 3.63) is 22.8 Å². The molecule has 0 amide bonds. The standard InChI is InChI=1S/C29H47NO/c1-20(19-30-17-7-6-8-18-30)22-10-11-23-21-9-12-25-27(2,3)26(31)14-16-29(25,5)24(21)13-15-28(22,23)4/h11,20,22,25-26,31H,6-10,12-19H2,1-5H3/t20-,22-,25?,26+,28-,29-/m1/s1. The highest BCUT2D eigenvalue weighted by Crippen LogP contribution is 2.66. The Morgan fingerprint density at radius 2 is 1.74 bits per heavy atom. The maximum absolute atomic E-state index is 10.8.